The van der Waals surface area contributed by atoms with E-state index in [1.54, 1.807) is 0 Å². The zero-order valence-corrected chi connectivity index (χ0v) is 13.2. The van der Waals surface area contributed by atoms with Gasteiger partial charge in [0.05, 0.1) is 0 Å². The van der Waals surface area contributed by atoms with Gasteiger partial charge in [0.1, 0.15) is 0 Å². The van der Waals surface area contributed by atoms with Crippen molar-refractivity contribution in [1.82, 2.24) is 0 Å². The minimum Gasteiger partial charge on any atom is -0.381 e. The van der Waals surface area contributed by atoms with E-state index < -0.39 is 0 Å². The summed E-state index contributed by atoms with van der Waals surface area (Å²) < 4.78 is 6.72. The van der Waals surface area contributed by atoms with Crippen molar-refractivity contribution < 1.29 is 4.74 Å². The number of ether oxygens (including phenoxy) is 1. The maximum atomic E-state index is 6.33. The summed E-state index contributed by atoms with van der Waals surface area (Å²) in [6.45, 7) is 8.02. The molecule has 0 bridgehead atoms. The second-order valence-corrected chi connectivity index (χ2v) is 6.38. The van der Waals surface area contributed by atoms with Crippen LogP contribution in [0.15, 0.2) is 28.7 Å². The molecular weight excluding hydrogens is 290 g/mol. The van der Waals surface area contributed by atoms with Gasteiger partial charge in [0, 0.05) is 23.2 Å². The Morgan fingerprint density at radius 2 is 1.83 bits per heavy atom. The Balaban J connectivity index is 2.37. The first-order valence-electron chi connectivity index (χ1n) is 6.54. The largest absolute Gasteiger partial charge is 0.381 e. The van der Waals surface area contributed by atoms with E-state index in [0.29, 0.717) is 5.92 Å². The van der Waals surface area contributed by atoms with Crippen molar-refractivity contribution in [3.63, 3.8) is 0 Å². The first-order chi connectivity index (χ1) is 8.42. The van der Waals surface area contributed by atoms with Gasteiger partial charge in [-0.2, -0.15) is 0 Å². The molecule has 0 saturated carbocycles. The van der Waals surface area contributed by atoms with Crippen molar-refractivity contribution in [2.45, 2.75) is 39.2 Å². The van der Waals surface area contributed by atoms with Gasteiger partial charge in [0.15, 0.2) is 0 Å². The molecule has 0 radical (unpaired) electrons. The van der Waals surface area contributed by atoms with Crippen LogP contribution < -0.4 is 5.73 Å². The van der Waals surface area contributed by atoms with E-state index in [-0.39, 0.29) is 5.54 Å². The molecule has 0 aliphatic carbocycles. The number of benzene rings is 1. The summed E-state index contributed by atoms with van der Waals surface area (Å²) in [6, 6.07) is 8.19. The third-order valence-electron chi connectivity index (χ3n) is 3.11. The fourth-order valence-corrected chi connectivity index (χ4v) is 1.94. The third-order valence-corrected chi connectivity index (χ3v) is 3.64. The molecule has 2 nitrogen and oxygen atoms in total. The van der Waals surface area contributed by atoms with E-state index >= 15 is 0 Å². The predicted octanol–water partition coefficient (Wildman–Crippen LogP) is 4.08. The molecule has 1 aromatic rings. The van der Waals surface area contributed by atoms with E-state index in [4.69, 9.17) is 10.5 Å². The highest BCUT2D eigenvalue weighted by atomic mass is 79.9. The Labute approximate surface area is 119 Å². The monoisotopic (exact) mass is 313 g/mol. The van der Waals surface area contributed by atoms with Gasteiger partial charge in [-0.05, 0) is 43.4 Å². The van der Waals surface area contributed by atoms with Gasteiger partial charge in [0.25, 0.3) is 0 Å². The SMILES string of the molecule is CC(C)CCOCCC(C)(N)c1ccc(Br)cc1. The van der Waals surface area contributed by atoms with Gasteiger partial charge < -0.3 is 10.5 Å². The van der Waals surface area contributed by atoms with E-state index in [9.17, 15) is 0 Å². The Morgan fingerprint density at radius 1 is 1.22 bits per heavy atom. The minimum absolute atomic E-state index is 0.321. The molecule has 0 heterocycles. The molecule has 102 valence electrons. The molecule has 0 aliphatic heterocycles. The quantitative estimate of drug-likeness (QED) is 0.770. The first-order valence-corrected chi connectivity index (χ1v) is 7.34. The fourth-order valence-electron chi connectivity index (χ4n) is 1.68. The topological polar surface area (TPSA) is 35.2 Å². The van der Waals surface area contributed by atoms with E-state index in [1.807, 2.05) is 12.1 Å². The molecule has 0 amide bonds. The van der Waals surface area contributed by atoms with Crippen molar-refractivity contribution in [2.75, 3.05) is 13.2 Å². The predicted molar refractivity (Wildman–Crippen MR) is 80.6 cm³/mol. The van der Waals surface area contributed by atoms with Crippen LogP contribution in [0.1, 0.15) is 39.2 Å². The van der Waals surface area contributed by atoms with Crippen LogP contribution in [-0.2, 0) is 10.3 Å². The van der Waals surface area contributed by atoms with Crippen LogP contribution in [0, 0.1) is 5.92 Å². The molecule has 2 N–H and O–H groups in total. The fraction of sp³-hybridized carbons (Fsp3) is 0.600. The van der Waals surface area contributed by atoms with Gasteiger partial charge in [-0.25, -0.2) is 0 Å². The number of hydrogen-bond acceptors (Lipinski definition) is 2. The number of nitrogens with two attached hydrogens (primary N) is 1. The third kappa shape index (κ3) is 5.51. The summed E-state index contributed by atoms with van der Waals surface area (Å²) >= 11 is 3.43. The highest BCUT2D eigenvalue weighted by Gasteiger charge is 2.20. The van der Waals surface area contributed by atoms with Gasteiger partial charge in [-0.15, -0.1) is 0 Å². The van der Waals surface area contributed by atoms with Crippen LogP contribution in [-0.4, -0.2) is 13.2 Å². The van der Waals surface area contributed by atoms with Crippen LogP contribution in [0.5, 0.6) is 0 Å². The van der Waals surface area contributed by atoms with Crippen LogP contribution >= 0.6 is 15.9 Å². The second kappa shape index (κ2) is 7.27. The number of rotatable bonds is 7. The molecule has 18 heavy (non-hydrogen) atoms. The summed E-state index contributed by atoms with van der Waals surface area (Å²) in [4.78, 5) is 0. The maximum absolute atomic E-state index is 6.33. The second-order valence-electron chi connectivity index (χ2n) is 5.47. The summed E-state index contributed by atoms with van der Waals surface area (Å²) in [6.07, 6.45) is 1.95. The zero-order chi connectivity index (χ0) is 13.6. The minimum atomic E-state index is -0.321. The highest BCUT2D eigenvalue weighted by molar-refractivity contribution is 9.10. The number of hydrogen-bond donors (Lipinski definition) is 1. The molecule has 1 rings (SSSR count). The summed E-state index contributed by atoms with van der Waals surface area (Å²) in [5.41, 5.74) is 7.17. The Kier molecular flexibility index (Phi) is 6.33. The van der Waals surface area contributed by atoms with Crippen molar-refractivity contribution in [2.24, 2.45) is 11.7 Å². The lowest BCUT2D eigenvalue weighted by atomic mass is 9.90. The van der Waals surface area contributed by atoms with Crippen molar-refractivity contribution >= 4 is 15.9 Å². The molecule has 0 spiro atoms. The molecule has 0 aliphatic rings. The maximum Gasteiger partial charge on any atom is 0.0486 e. The van der Waals surface area contributed by atoms with Crippen molar-refractivity contribution in [1.29, 1.82) is 0 Å². The normalized spacial score (nSPS) is 14.8. The van der Waals surface area contributed by atoms with Gasteiger partial charge in [-0.3, -0.25) is 0 Å². The molecule has 0 fully saturated rings. The summed E-state index contributed by atoms with van der Waals surface area (Å²) in [5, 5.41) is 0. The van der Waals surface area contributed by atoms with Crippen LogP contribution in [0.25, 0.3) is 0 Å². The molecule has 1 atom stereocenters. The first kappa shape index (κ1) is 15.7. The van der Waals surface area contributed by atoms with E-state index in [1.165, 1.54) is 0 Å². The molecule has 1 unspecified atom stereocenters. The van der Waals surface area contributed by atoms with Crippen LogP contribution in [0.3, 0.4) is 0 Å². The number of halogens is 1. The van der Waals surface area contributed by atoms with Crippen LogP contribution in [0.4, 0.5) is 0 Å². The Morgan fingerprint density at radius 3 is 2.39 bits per heavy atom. The van der Waals surface area contributed by atoms with Gasteiger partial charge >= 0.3 is 0 Å². The molecule has 0 aromatic heterocycles. The summed E-state index contributed by atoms with van der Waals surface area (Å²) in [7, 11) is 0. The van der Waals surface area contributed by atoms with E-state index in [0.717, 1.165) is 36.1 Å². The summed E-state index contributed by atoms with van der Waals surface area (Å²) in [5.74, 6) is 0.695. The standard InChI is InChI=1S/C15H24BrNO/c1-12(2)8-10-18-11-9-15(3,17)13-4-6-14(16)7-5-13/h4-7,12H,8-11,17H2,1-3H3. The molecular formula is C15H24BrNO. The van der Waals surface area contributed by atoms with Crippen molar-refractivity contribution in [3.05, 3.63) is 34.3 Å². The molecule has 0 saturated heterocycles. The average Bonchev–Trinajstić information content (AvgIpc) is 2.28. The van der Waals surface area contributed by atoms with Crippen LogP contribution in [0.2, 0.25) is 0 Å². The Hall–Kier alpha value is -0.380. The lowest BCUT2D eigenvalue weighted by molar-refractivity contribution is 0.107. The zero-order valence-electron chi connectivity index (χ0n) is 11.6. The van der Waals surface area contributed by atoms with Gasteiger partial charge in [0.2, 0.25) is 0 Å². The van der Waals surface area contributed by atoms with Gasteiger partial charge in [-0.1, -0.05) is 41.9 Å². The molecule has 3 heteroatoms. The van der Waals surface area contributed by atoms with E-state index in [2.05, 4.69) is 48.8 Å². The Bertz CT molecular complexity index is 346. The lowest BCUT2D eigenvalue weighted by Crippen LogP contribution is -2.34. The average molecular weight is 314 g/mol. The molecule has 1 aromatic carbocycles. The smallest absolute Gasteiger partial charge is 0.0486 e. The highest BCUT2D eigenvalue weighted by Crippen LogP contribution is 2.23. The van der Waals surface area contributed by atoms with Crippen molar-refractivity contribution in [3.8, 4) is 0 Å². The lowest BCUT2D eigenvalue weighted by Gasteiger charge is -2.25.